The highest BCUT2D eigenvalue weighted by molar-refractivity contribution is 4.96. The zero-order chi connectivity index (χ0) is 26.0. The Hall–Kier alpha value is -0.640. The van der Waals surface area contributed by atoms with Crippen LogP contribution in [0.1, 0.15) is 0 Å². The third-order valence-corrected chi connectivity index (χ3v) is 6.34. The van der Waals surface area contributed by atoms with Crippen LogP contribution in [0.5, 0.6) is 0 Å². The first kappa shape index (κ1) is 28.9. The Bertz CT molecular complexity index is 652. The van der Waals surface area contributed by atoms with E-state index in [0.717, 1.165) is 0 Å². The summed E-state index contributed by atoms with van der Waals surface area (Å²) in [6, 6.07) is 0. The van der Waals surface area contributed by atoms with Gasteiger partial charge in [-0.3, -0.25) is 0 Å². The topological polar surface area (TPSA) is 258 Å². The highest BCUT2D eigenvalue weighted by Gasteiger charge is 2.53. The molecule has 3 saturated heterocycles. The van der Waals surface area contributed by atoms with Crippen molar-refractivity contribution in [3.8, 4) is 0 Å². The van der Waals surface area contributed by atoms with Gasteiger partial charge in [0.1, 0.15) is 73.2 Å². The zero-order valence-corrected chi connectivity index (χ0v) is 18.7. The fourth-order valence-corrected chi connectivity index (χ4v) is 4.31. The van der Waals surface area contributed by atoms with Gasteiger partial charge in [0, 0.05) is 7.11 Å². The Labute approximate surface area is 199 Å². The normalized spacial score (nSPS) is 51.3. The molecule has 16 heteroatoms. The fraction of sp³-hybridized carbons (Fsp3) is 1.00. The van der Waals surface area contributed by atoms with Gasteiger partial charge in [-0.2, -0.15) is 0 Å². The van der Waals surface area contributed by atoms with Crippen molar-refractivity contribution >= 4 is 0 Å². The molecule has 0 aromatic rings. The first-order valence-electron chi connectivity index (χ1n) is 11.0. The van der Waals surface area contributed by atoms with Crippen molar-refractivity contribution < 1.29 is 79.5 Å². The Morgan fingerprint density at radius 1 is 0.514 bits per heavy atom. The number of hydrogen-bond acceptors (Lipinski definition) is 16. The van der Waals surface area contributed by atoms with Gasteiger partial charge in [-0.25, -0.2) is 0 Å². The minimum Gasteiger partial charge on any atom is -0.394 e. The van der Waals surface area contributed by atoms with E-state index in [0.29, 0.717) is 0 Å². The molecule has 206 valence electrons. The van der Waals surface area contributed by atoms with Gasteiger partial charge in [0.15, 0.2) is 18.9 Å². The molecule has 0 aliphatic carbocycles. The number of methoxy groups -OCH3 is 1. The van der Waals surface area contributed by atoms with Crippen LogP contribution in [0.15, 0.2) is 0 Å². The van der Waals surface area contributed by atoms with Crippen LogP contribution in [0.3, 0.4) is 0 Å². The molecule has 0 spiro atoms. The van der Waals surface area contributed by atoms with Crippen molar-refractivity contribution in [3.05, 3.63) is 0 Å². The summed E-state index contributed by atoms with van der Waals surface area (Å²) in [7, 11) is 1.20. The van der Waals surface area contributed by atoms with Gasteiger partial charge in [-0.1, -0.05) is 0 Å². The molecule has 35 heavy (non-hydrogen) atoms. The average Bonchev–Trinajstić information content (AvgIpc) is 2.85. The first-order valence-corrected chi connectivity index (χ1v) is 11.0. The highest BCUT2D eigenvalue weighted by Crippen LogP contribution is 2.32. The van der Waals surface area contributed by atoms with Crippen LogP contribution < -0.4 is 0 Å². The second-order valence-electron chi connectivity index (χ2n) is 8.54. The molecule has 0 aromatic heterocycles. The number of aliphatic hydroxyl groups excluding tert-OH is 10. The summed E-state index contributed by atoms with van der Waals surface area (Å²) in [5, 5.41) is 100.0. The van der Waals surface area contributed by atoms with Crippen LogP contribution >= 0.6 is 0 Å². The molecule has 0 amide bonds. The van der Waals surface area contributed by atoms with E-state index in [4.69, 9.17) is 28.4 Å². The van der Waals surface area contributed by atoms with Gasteiger partial charge in [-0.05, 0) is 0 Å². The second-order valence-corrected chi connectivity index (χ2v) is 8.54. The lowest BCUT2D eigenvalue weighted by Gasteiger charge is -2.48. The Morgan fingerprint density at radius 3 is 1.54 bits per heavy atom. The molecule has 3 rings (SSSR count). The average molecular weight is 518 g/mol. The summed E-state index contributed by atoms with van der Waals surface area (Å²) in [5.74, 6) is 0. The summed E-state index contributed by atoms with van der Waals surface area (Å²) in [4.78, 5) is 0. The largest absolute Gasteiger partial charge is 0.394 e. The molecule has 3 fully saturated rings. The molecule has 3 heterocycles. The van der Waals surface area contributed by atoms with E-state index in [2.05, 4.69) is 0 Å². The fourth-order valence-electron chi connectivity index (χ4n) is 4.31. The van der Waals surface area contributed by atoms with Gasteiger partial charge in [0.25, 0.3) is 0 Å². The molecule has 16 nitrogen and oxygen atoms in total. The molecule has 15 atom stereocenters. The summed E-state index contributed by atoms with van der Waals surface area (Å²) in [6.45, 7) is -2.19. The van der Waals surface area contributed by atoms with E-state index < -0.39 is 112 Å². The quantitative estimate of drug-likeness (QED) is 0.143. The molecule has 0 radical (unpaired) electrons. The minimum atomic E-state index is -1.85. The monoisotopic (exact) mass is 518 g/mol. The molecule has 0 saturated carbocycles. The SMILES string of the molecule is CO[C@@H]1[C@@H](O)[C@H](O)O[C@H](CO)[C@H]1O[C@@H]1O[C@H](CO)[C@@H](O[C@@H]2O[C@H](CO)[C@H](O)[C@H](O)[C@H]2O)[C@H](O)[C@H]1O. The van der Waals surface area contributed by atoms with Crippen molar-refractivity contribution in [1.82, 2.24) is 0 Å². The van der Waals surface area contributed by atoms with Gasteiger partial charge >= 0.3 is 0 Å². The van der Waals surface area contributed by atoms with E-state index in [1.807, 2.05) is 0 Å². The van der Waals surface area contributed by atoms with E-state index in [9.17, 15) is 51.1 Å². The molecule has 3 aliphatic rings. The number of rotatable bonds is 8. The van der Waals surface area contributed by atoms with E-state index in [1.54, 1.807) is 0 Å². The van der Waals surface area contributed by atoms with E-state index >= 15 is 0 Å². The lowest BCUT2D eigenvalue weighted by molar-refractivity contribution is -0.378. The summed E-state index contributed by atoms with van der Waals surface area (Å²) >= 11 is 0. The maximum absolute atomic E-state index is 10.7. The van der Waals surface area contributed by atoms with Crippen LogP contribution in [0, 0.1) is 0 Å². The number of ether oxygens (including phenoxy) is 6. The molecule has 0 bridgehead atoms. The third kappa shape index (κ3) is 5.78. The molecule has 0 aromatic carbocycles. The van der Waals surface area contributed by atoms with Crippen molar-refractivity contribution in [3.63, 3.8) is 0 Å². The number of hydrogen-bond donors (Lipinski definition) is 10. The van der Waals surface area contributed by atoms with Gasteiger partial charge < -0.3 is 79.5 Å². The minimum absolute atomic E-state index is 0.675. The van der Waals surface area contributed by atoms with Crippen molar-refractivity contribution in [1.29, 1.82) is 0 Å². The van der Waals surface area contributed by atoms with Crippen LogP contribution in [0.2, 0.25) is 0 Å². The van der Waals surface area contributed by atoms with Crippen molar-refractivity contribution in [2.75, 3.05) is 26.9 Å². The van der Waals surface area contributed by atoms with Crippen LogP contribution in [0.4, 0.5) is 0 Å². The predicted octanol–water partition coefficient (Wildman–Crippen LogP) is -6.92. The summed E-state index contributed by atoms with van der Waals surface area (Å²) < 4.78 is 32.1. The van der Waals surface area contributed by atoms with Crippen LogP contribution in [0.25, 0.3) is 0 Å². The lowest BCUT2D eigenvalue weighted by atomic mass is 9.96. The Morgan fingerprint density at radius 2 is 1.00 bits per heavy atom. The van der Waals surface area contributed by atoms with Gasteiger partial charge in [0.05, 0.1) is 19.8 Å². The maximum atomic E-state index is 10.7. The highest BCUT2D eigenvalue weighted by atomic mass is 16.8. The third-order valence-electron chi connectivity index (χ3n) is 6.34. The maximum Gasteiger partial charge on any atom is 0.187 e. The molecule has 0 unspecified atom stereocenters. The van der Waals surface area contributed by atoms with E-state index in [-0.39, 0.29) is 0 Å². The first-order chi connectivity index (χ1) is 16.6. The molecular formula is C19H34O16. The molecule has 10 N–H and O–H groups in total. The van der Waals surface area contributed by atoms with Crippen LogP contribution in [-0.4, -0.2) is 170 Å². The van der Waals surface area contributed by atoms with Crippen molar-refractivity contribution in [2.24, 2.45) is 0 Å². The molecular weight excluding hydrogens is 484 g/mol. The standard InChI is InChI=1S/C19H34O16/c1-30-16-13(28)17(29)31-7(4-22)15(16)35-19-12(27)10(25)14(6(3-21)33-19)34-18-11(26)9(24)8(23)5(2-20)32-18/h5-29H,2-4H2,1H3/t5-,6-,7-,8+,9+,10-,11-,12-,13-,14-,15-,16-,17-,18+,19+/m1/s1. The van der Waals surface area contributed by atoms with Gasteiger partial charge in [-0.15, -0.1) is 0 Å². The summed E-state index contributed by atoms with van der Waals surface area (Å²) in [5.41, 5.74) is 0. The van der Waals surface area contributed by atoms with E-state index in [1.165, 1.54) is 7.11 Å². The smallest absolute Gasteiger partial charge is 0.187 e. The zero-order valence-electron chi connectivity index (χ0n) is 18.7. The van der Waals surface area contributed by atoms with Crippen LogP contribution in [-0.2, 0) is 28.4 Å². The predicted molar refractivity (Wildman–Crippen MR) is 106 cm³/mol. The molecule has 3 aliphatic heterocycles. The Balaban J connectivity index is 1.74. The lowest BCUT2D eigenvalue weighted by Crippen LogP contribution is -2.66. The second kappa shape index (κ2) is 12.3. The summed E-state index contributed by atoms with van der Waals surface area (Å²) in [6.07, 6.45) is -23.5. The Kier molecular flexibility index (Phi) is 10.1. The van der Waals surface area contributed by atoms with Gasteiger partial charge in [0.2, 0.25) is 0 Å². The van der Waals surface area contributed by atoms with Crippen molar-refractivity contribution in [2.45, 2.75) is 92.1 Å². The number of aliphatic hydroxyl groups is 10.